The molecule has 3 N–H and O–H groups in total. The molecule has 4 amide bonds. The van der Waals surface area contributed by atoms with Crippen LogP contribution in [0.5, 0.6) is 0 Å². The molecule has 1 aromatic heterocycles. The molecule has 7 heteroatoms. The smallest absolute Gasteiger partial charge is 0.344 e. The third-order valence-electron chi connectivity index (χ3n) is 4.19. The van der Waals surface area contributed by atoms with E-state index < -0.39 is 23.4 Å². The van der Waals surface area contributed by atoms with Gasteiger partial charge in [-0.25, -0.2) is 4.79 Å². The van der Waals surface area contributed by atoms with E-state index in [0.717, 1.165) is 10.7 Å². The number of hydrogen-bond donors (Lipinski definition) is 3. The van der Waals surface area contributed by atoms with Crippen LogP contribution in [0.25, 0.3) is 0 Å². The van der Waals surface area contributed by atoms with Crippen molar-refractivity contribution >= 4 is 17.8 Å². The molecule has 24 heavy (non-hydrogen) atoms. The molecule has 1 aliphatic rings. The lowest BCUT2D eigenvalue weighted by atomic mass is 9.92. The molecule has 1 aliphatic heterocycles. The number of carbonyl (C=O) groups is 3. The van der Waals surface area contributed by atoms with Gasteiger partial charge in [0.2, 0.25) is 0 Å². The first-order chi connectivity index (χ1) is 11.5. The first-order valence-electron chi connectivity index (χ1n) is 7.67. The number of aromatic nitrogens is 1. The van der Waals surface area contributed by atoms with Crippen molar-refractivity contribution in [1.82, 2.24) is 20.7 Å². The highest BCUT2D eigenvalue weighted by atomic mass is 16.2. The topological polar surface area (TPSA) is 94.3 Å². The van der Waals surface area contributed by atoms with Crippen molar-refractivity contribution in [1.29, 1.82) is 0 Å². The number of amides is 4. The standard InChI is InChI=1S/C17H18N4O3/c1-3-13-12(9-10-18-13)14(22)20-21-15(23)17(2,19-16(21)24)11-7-5-4-6-8-11/h4-10,18H,3H2,1-2H3,(H,19,24)(H,20,22). The van der Waals surface area contributed by atoms with E-state index in [4.69, 9.17) is 0 Å². The van der Waals surface area contributed by atoms with Gasteiger partial charge in [0.05, 0.1) is 5.56 Å². The number of aromatic amines is 1. The Bertz CT molecular complexity index is 799. The van der Waals surface area contributed by atoms with Gasteiger partial charge in [-0.05, 0) is 25.0 Å². The normalized spacial score (nSPS) is 20.2. The minimum absolute atomic E-state index is 0.409. The van der Waals surface area contributed by atoms with E-state index in [0.29, 0.717) is 17.5 Å². The van der Waals surface area contributed by atoms with Gasteiger partial charge in [0.15, 0.2) is 0 Å². The molecule has 0 saturated carbocycles. The first-order valence-corrected chi connectivity index (χ1v) is 7.67. The molecular weight excluding hydrogens is 308 g/mol. The van der Waals surface area contributed by atoms with Crippen LogP contribution < -0.4 is 10.7 Å². The van der Waals surface area contributed by atoms with Crippen LogP contribution in [-0.2, 0) is 16.8 Å². The summed E-state index contributed by atoms with van der Waals surface area (Å²) in [6.07, 6.45) is 2.28. The number of hydrogen-bond acceptors (Lipinski definition) is 3. The molecule has 0 radical (unpaired) electrons. The number of aryl methyl sites for hydroxylation is 1. The van der Waals surface area contributed by atoms with E-state index in [-0.39, 0.29) is 0 Å². The van der Waals surface area contributed by atoms with Crippen molar-refractivity contribution in [3.63, 3.8) is 0 Å². The maximum absolute atomic E-state index is 12.7. The van der Waals surface area contributed by atoms with Crippen molar-refractivity contribution in [3.8, 4) is 0 Å². The van der Waals surface area contributed by atoms with Gasteiger partial charge in [0.1, 0.15) is 5.54 Å². The summed E-state index contributed by atoms with van der Waals surface area (Å²) in [4.78, 5) is 40.3. The van der Waals surface area contributed by atoms with Crippen molar-refractivity contribution in [2.45, 2.75) is 25.8 Å². The molecule has 124 valence electrons. The van der Waals surface area contributed by atoms with E-state index in [9.17, 15) is 14.4 Å². The Balaban J connectivity index is 1.84. The quantitative estimate of drug-likeness (QED) is 0.746. The van der Waals surface area contributed by atoms with E-state index in [2.05, 4.69) is 15.7 Å². The Kier molecular flexibility index (Phi) is 3.84. The summed E-state index contributed by atoms with van der Waals surface area (Å²) in [5.74, 6) is -1.03. The van der Waals surface area contributed by atoms with Crippen LogP contribution in [0.3, 0.4) is 0 Å². The largest absolute Gasteiger partial charge is 0.364 e. The van der Waals surface area contributed by atoms with Crippen molar-refractivity contribution in [2.24, 2.45) is 0 Å². The molecule has 1 fully saturated rings. The van der Waals surface area contributed by atoms with Gasteiger partial charge >= 0.3 is 6.03 Å². The second kappa shape index (κ2) is 5.84. The van der Waals surface area contributed by atoms with Crippen LogP contribution in [0.15, 0.2) is 42.6 Å². The van der Waals surface area contributed by atoms with E-state index in [1.807, 2.05) is 13.0 Å². The lowest BCUT2D eigenvalue weighted by Gasteiger charge is -2.22. The minimum atomic E-state index is -1.21. The molecule has 1 aromatic carbocycles. The maximum Gasteiger partial charge on any atom is 0.344 e. The zero-order valence-corrected chi connectivity index (χ0v) is 13.4. The average Bonchev–Trinajstić information content (AvgIpc) is 3.15. The molecule has 1 atom stereocenters. The summed E-state index contributed by atoms with van der Waals surface area (Å²) in [5, 5.41) is 3.38. The van der Waals surface area contributed by atoms with Crippen molar-refractivity contribution in [3.05, 3.63) is 59.4 Å². The molecule has 3 rings (SSSR count). The zero-order chi connectivity index (χ0) is 17.3. The Morgan fingerprint density at radius 1 is 1.21 bits per heavy atom. The zero-order valence-electron chi connectivity index (χ0n) is 13.4. The number of hydrazine groups is 1. The predicted octanol–water partition coefficient (Wildman–Crippen LogP) is 1.69. The van der Waals surface area contributed by atoms with E-state index in [1.165, 1.54) is 0 Å². The number of H-pyrrole nitrogens is 1. The Morgan fingerprint density at radius 2 is 1.92 bits per heavy atom. The Hall–Kier alpha value is -3.09. The molecule has 1 unspecified atom stereocenters. The highest BCUT2D eigenvalue weighted by molar-refractivity contribution is 6.09. The van der Waals surface area contributed by atoms with Crippen molar-refractivity contribution < 1.29 is 14.4 Å². The Labute approximate surface area is 139 Å². The van der Waals surface area contributed by atoms with Crippen LogP contribution >= 0.6 is 0 Å². The highest BCUT2D eigenvalue weighted by Gasteiger charge is 2.50. The molecule has 0 spiro atoms. The summed E-state index contributed by atoms with van der Waals surface area (Å²) in [6.45, 7) is 3.52. The summed E-state index contributed by atoms with van der Waals surface area (Å²) in [6, 6.07) is 9.86. The monoisotopic (exact) mass is 326 g/mol. The van der Waals surface area contributed by atoms with Gasteiger partial charge in [0, 0.05) is 11.9 Å². The number of benzene rings is 1. The first kappa shape index (κ1) is 15.8. The molecule has 7 nitrogen and oxygen atoms in total. The molecule has 0 aliphatic carbocycles. The molecule has 2 aromatic rings. The van der Waals surface area contributed by atoms with Gasteiger partial charge in [-0.3, -0.25) is 15.0 Å². The second-order valence-corrected chi connectivity index (χ2v) is 5.73. The minimum Gasteiger partial charge on any atom is -0.364 e. The fourth-order valence-corrected chi connectivity index (χ4v) is 2.78. The van der Waals surface area contributed by atoms with Gasteiger partial charge in [0.25, 0.3) is 11.8 Å². The van der Waals surface area contributed by atoms with Crippen LogP contribution in [0.2, 0.25) is 0 Å². The lowest BCUT2D eigenvalue weighted by molar-refractivity contribution is -0.132. The Morgan fingerprint density at radius 3 is 2.58 bits per heavy atom. The summed E-state index contributed by atoms with van der Waals surface area (Å²) >= 11 is 0. The highest BCUT2D eigenvalue weighted by Crippen LogP contribution is 2.27. The van der Waals surface area contributed by atoms with Gasteiger partial charge in [-0.2, -0.15) is 5.01 Å². The van der Waals surface area contributed by atoms with Crippen LogP contribution in [0.1, 0.15) is 35.5 Å². The maximum atomic E-state index is 12.7. The number of carbonyl (C=O) groups excluding carboxylic acids is 3. The van der Waals surface area contributed by atoms with Crippen LogP contribution in [0.4, 0.5) is 4.79 Å². The van der Waals surface area contributed by atoms with Crippen LogP contribution in [-0.4, -0.2) is 27.8 Å². The average molecular weight is 326 g/mol. The molecular formula is C17H18N4O3. The molecule has 2 heterocycles. The van der Waals surface area contributed by atoms with E-state index in [1.54, 1.807) is 43.5 Å². The summed E-state index contributed by atoms with van der Waals surface area (Å²) in [5.41, 5.74) is 2.98. The second-order valence-electron chi connectivity index (χ2n) is 5.73. The lowest BCUT2D eigenvalue weighted by Crippen LogP contribution is -2.48. The number of nitrogens with zero attached hydrogens (tertiary/aromatic N) is 1. The third kappa shape index (κ3) is 2.44. The van der Waals surface area contributed by atoms with Crippen LogP contribution in [0, 0.1) is 0 Å². The van der Waals surface area contributed by atoms with Gasteiger partial charge < -0.3 is 10.3 Å². The summed E-state index contributed by atoms with van der Waals surface area (Å²) < 4.78 is 0. The molecule has 1 saturated heterocycles. The predicted molar refractivity (Wildman–Crippen MR) is 86.8 cm³/mol. The number of imide groups is 1. The fraction of sp³-hybridized carbons (Fsp3) is 0.235. The van der Waals surface area contributed by atoms with Gasteiger partial charge in [-0.15, -0.1) is 0 Å². The van der Waals surface area contributed by atoms with Crippen molar-refractivity contribution in [2.75, 3.05) is 0 Å². The van der Waals surface area contributed by atoms with E-state index >= 15 is 0 Å². The molecule has 0 bridgehead atoms. The number of rotatable bonds is 4. The van der Waals surface area contributed by atoms with Gasteiger partial charge in [-0.1, -0.05) is 37.3 Å². The number of urea groups is 1. The number of nitrogens with one attached hydrogen (secondary N) is 3. The summed E-state index contributed by atoms with van der Waals surface area (Å²) in [7, 11) is 0. The third-order valence-corrected chi connectivity index (χ3v) is 4.19. The SMILES string of the molecule is CCc1[nH]ccc1C(=O)NN1C(=O)NC(C)(c2ccccc2)C1=O. The fourth-order valence-electron chi connectivity index (χ4n) is 2.78.